The van der Waals surface area contributed by atoms with Gasteiger partial charge in [-0.15, -0.1) is 0 Å². The summed E-state index contributed by atoms with van der Waals surface area (Å²) in [5.41, 5.74) is 6.36. The van der Waals surface area contributed by atoms with E-state index < -0.39 is 0 Å². The third-order valence-corrected chi connectivity index (χ3v) is 3.58. The van der Waals surface area contributed by atoms with Crippen LogP contribution in [0.1, 0.15) is 18.4 Å². The fraction of sp³-hybridized carbons (Fsp3) is 0.562. The highest BCUT2D eigenvalue weighted by Crippen LogP contribution is 2.15. The summed E-state index contributed by atoms with van der Waals surface area (Å²) in [5.74, 6) is 1.36. The van der Waals surface area contributed by atoms with E-state index in [1.54, 1.807) is 0 Å². The van der Waals surface area contributed by atoms with Gasteiger partial charge in [-0.1, -0.05) is 12.1 Å². The normalized spacial score (nSPS) is 15.7. The maximum absolute atomic E-state index is 12.0. The summed E-state index contributed by atoms with van der Waals surface area (Å²) in [7, 11) is 0. The Morgan fingerprint density at radius 3 is 2.95 bits per heavy atom. The topological polar surface area (TPSA) is 73.6 Å². The second-order valence-electron chi connectivity index (χ2n) is 5.32. The van der Waals surface area contributed by atoms with Gasteiger partial charge in [0.15, 0.2) is 0 Å². The van der Waals surface area contributed by atoms with Crippen LogP contribution in [-0.2, 0) is 16.0 Å². The number of amides is 1. The van der Waals surface area contributed by atoms with Gasteiger partial charge in [0.2, 0.25) is 5.91 Å². The number of carbonyl (C=O) groups excluding carboxylic acids is 1. The summed E-state index contributed by atoms with van der Waals surface area (Å²) in [6.45, 7) is 3.32. The summed E-state index contributed by atoms with van der Waals surface area (Å²) in [4.78, 5) is 12.0. The standard InChI is InChI=1S/C16H24N2O3/c17-6-9-21-15-3-1-2-14(10-15)11-16(19)18-12-13-4-7-20-8-5-13/h1-3,10,13H,4-9,11-12,17H2,(H,18,19). The molecule has 0 radical (unpaired) electrons. The average Bonchev–Trinajstić information content (AvgIpc) is 2.52. The highest BCUT2D eigenvalue weighted by molar-refractivity contribution is 5.78. The van der Waals surface area contributed by atoms with Crippen LogP contribution in [0.3, 0.4) is 0 Å². The van der Waals surface area contributed by atoms with Crippen molar-refractivity contribution in [3.8, 4) is 5.75 Å². The molecular formula is C16H24N2O3. The number of nitrogens with two attached hydrogens (primary N) is 1. The van der Waals surface area contributed by atoms with Crippen LogP contribution >= 0.6 is 0 Å². The molecule has 0 saturated carbocycles. The minimum absolute atomic E-state index is 0.0532. The average molecular weight is 292 g/mol. The van der Waals surface area contributed by atoms with Gasteiger partial charge in [-0.3, -0.25) is 4.79 Å². The Hall–Kier alpha value is -1.59. The Morgan fingerprint density at radius 1 is 1.38 bits per heavy atom. The summed E-state index contributed by atoms with van der Waals surface area (Å²) >= 11 is 0. The lowest BCUT2D eigenvalue weighted by molar-refractivity contribution is -0.120. The fourth-order valence-corrected chi connectivity index (χ4v) is 2.38. The number of rotatable bonds is 7. The summed E-state index contributed by atoms with van der Waals surface area (Å²) in [5, 5.41) is 3.01. The molecule has 0 atom stereocenters. The third kappa shape index (κ3) is 5.73. The molecule has 5 nitrogen and oxygen atoms in total. The lowest BCUT2D eigenvalue weighted by Gasteiger charge is -2.22. The number of nitrogens with one attached hydrogen (secondary N) is 1. The summed E-state index contributed by atoms with van der Waals surface area (Å²) in [6.07, 6.45) is 2.44. The molecule has 0 aliphatic carbocycles. The molecule has 3 N–H and O–H groups in total. The van der Waals surface area contributed by atoms with Gasteiger partial charge < -0.3 is 20.5 Å². The molecule has 2 rings (SSSR count). The van der Waals surface area contributed by atoms with E-state index in [-0.39, 0.29) is 5.91 Å². The molecule has 1 heterocycles. The Balaban J connectivity index is 1.76. The van der Waals surface area contributed by atoms with Crippen molar-refractivity contribution in [1.82, 2.24) is 5.32 Å². The monoisotopic (exact) mass is 292 g/mol. The van der Waals surface area contributed by atoms with E-state index in [1.807, 2.05) is 24.3 Å². The zero-order chi connectivity index (χ0) is 14.9. The number of ether oxygens (including phenoxy) is 2. The second kappa shape index (κ2) is 8.64. The highest BCUT2D eigenvalue weighted by atomic mass is 16.5. The van der Waals surface area contributed by atoms with Crippen molar-refractivity contribution in [1.29, 1.82) is 0 Å². The molecule has 5 heteroatoms. The number of carbonyl (C=O) groups is 1. The minimum Gasteiger partial charge on any atom is -0.492 e. The van der Waals surface area contributed by atoms with Gasteiger partial charge in [-0.25, -0.2) is 0 Å². The molecule has 116 valence electrons. The van der Waals surface area contributed by atoms with Crippen LogP contribution in [0.15, 0.2) is 24.3 Å². The van der Waals surface area contributed by atoms with Gasteiger partial charge in [0.05, 0.1) is 6.42 Å². The summed E-state index contributed by atoms with van der Waals surface area (Å²) in [6, 6.07) is 7.60. The summed E-state index contributed by atoms with van der Waals surface area (Å²) < 4.78 is 10.8. The third-order valence-electron chi connectivity index (χ3n) is 3.58. The van der Waals surface area contributed by atoms with Gasteiger partial charge in [0.1, 0.15) is 12.4 Å². The molecule has 21 heavy (non-hydrogen) atoms. The van der Waals surface area contributed by atoms with Crippen molar-refractivity contribution in [2.24, 2.45) is 11.7 Å². The van der Waals surface area contributed by atoms with Crippen molar-refractivity contribution < 1.29 is 14.3 Å². The Morgan fingerprint density at radius 2 is 2.19 bits per heavy atom. The van der Waals surface area contributed by atoms with Crippen LogP contribution in [0.2, 0.25) is 0 Å². The van der Waals surface area contributed by atoms with E-state index in [1.165, 1.54) is 0 Å². The van der Waals surface area contributed by atoms with Crippen molar-refractivity contribution in [3.05, 3.63) is 29.8 Å². The van der Waals surface area contributed by atoms with E-state index in [4.69, 9.17) is 15.2 Å². The molecule has 1 saturated heterocycles. The number of benzene rings is 1. The van der Waals surface area contributed by atoms with Gasteiger partial charge in [0, 0.05) is 26.3 Å². The predicted octanol–water partition coefficient (Wildman–Crippen LogP) is 1.11. The molecule has 0 unspecified atom stereocenters. The zero-order valence-corrected chi connectivity index (χ0v) is 12.3. The van der Waals surface area contributed by atoms with Crippen molar-refractivity contribution >= 4 is 5.91 Å². The smallest absolute Gasteiger partial charge is 0.224 e. The first-order valence-electron chi connectivity index (χ1n) is 7.54. The van der Waals surface area contributed by atoms with Crippen molar-refractivity contribution in [3.63, 3.8) is 0 Å². The van der Waals surface area contributed by atoms with Crippen LogP contribution < -0.4 is 15.8 Å². The molecule has 1 aromatic carbocycles. The van der Waals surface area contributed by atoms with E-state index in [9.17, 15) is 4.79 Å². The molecule has 1 aliphatic heterocycles. The first kappa shape index (κ1) is 15.8. The predicted molar refractivity (Wildman–Crippen MR) is 81.2 cm³/mol. The highest BCUT2D eigenvalue weighted by Gasteiger charge is 2.14. The maximum Gasteiger partial charge on any atom is 0.224 e. The van der Waals surface area contributed by atoms with Crippen molar-refractivity contribution in [2.75, 3.05) is 32.9 Å². The molecule has 1 aliphatic rings. The minimum atomic E-state index is 0.0532. The second-order valence-corrected chi connectivity index (χ2v) is 5.32. The Bertz CT molecular complexity index is 445. The van der Waals surface area contributed by atoms with Crippen LogP contribution in [0.4, 0.5) is 0 Å². The number of hydrogen-bond donors (Lipinski definition) is 2. The van der Waals surface area contributed by atoms with Crippen LogP contribution in [0.5, 0.6) is 5.75 Å². The number of hydrogen-bond acceptors (Lipinski definition) is 4. The first-order valence-corrected chi connectivity index (χ1v) is 7.54. The van der Waals surface area contributed by atoms with Gasteiger partial charge in [-0.05, 0) is 36.5 Å². The van der Waals surface area contributed by atoms with E-state index in [0.29, 0.717) is 25.5 Å². The molecule has 0 spiro atoms. The molecule has 1 fully saturated rings. The van der Waals surface area contributed by atoms with Crippen LogP contribution in [0.25, 0.3) is 0 Å². The largest absolute Gasteiger partial charge is 0.492 e. The van der Waals surface area contributed by atoms with Gasteiger partial charge in [-0.2, -0.15) is 0 Å². The van der Waals surface area contributed by atoms with Crippen molar-refractivity contribution in [2.45, 2.75) is 19.3 Å². The first-order chi connectivity index (χ1) is 10.3. The Kier molecular flexibility index (Phi) is 6.50. The SMILES string of the molecule is NCCOc1cccc(CC(=O)NCC2CCOCC2)c1. The van der Waals surface area contributed by atoms with E-state index in [0.717, 1.165) is 43.9 Å². The maximum atomic E-state index is 12.0. The van der Waals surface area contributed by atoms with E-state index in [2.05, 4.69) is 5.32 Å². The van der Waals surface area contributed by atoms with Gasteiger partial charge >= 0.3 is 0 Å². The fourth-order valence-electron chi connectivity index (χ4n) is 2.38. The van der Waals surface area contributed by atoms with E-state index >= 15 is 0 Å². The molecule has 0 aromatic heterocycles. The molecular weight excluding hydrogens is 268 g/mol. The molecule has 0 bridgehead atoms. The van der Waals surface area contributed by atoms with Crippen LogP contribution in [-0.4, -0.2) is 38.8 Å². The van der Waals surface area contributed by atoms with Crippen LogP contribution in [0, 0.1) is 5.92 Å². The Labute approximate surface area is 125 Å². The quantitative estimate of drug-likeness (QED) is 0.789. The lowest BCUT2D eigenvalue weighted by Crippen LogP contribution is -2.33. The molecule has 1 aromatic rings. The molecule has 1 amide bonds. The zero-order valence-electron chi connectivity index (χ0n) is 12.3. The lowest BCUT2D eigenvalue weighted by atomic mass is 10.0. The van der Waals surface area contributed by atoms with Gasteiger partial charge in [0.25, 0.3) is 0 Å².